The van der Waals surface area contributed by atoms with Gasteiger partial charge in [-0.15, -0.1) is 0 Å². The summed E-state index contributed by atoms with van der Waals surface area (Å²) in [5, 5.41) is 3.32. The Morgan fingerprint density at radius 3 is 2.39 bits per heavy atom. The van der Waals surface area contributed by atoms with Crippen molar-refractivity contribution in [3.63, 3.8) is 0 Å². The molecule has 2 amide bonds. The molecule has 1 aromatic carbocycles. The van der Waals surface area contributed by atoms with Gasteiger partial charge in [-0.1, -0.05) is 12.1 Å². The quantitative estimate of drug-likeness (QED) is 0.828. The van der Waals surface area contributed by atoms with Gasteiger partial charge in [-0.2, -0.15) is 0 Å². The molecule has 0 radical (unpaired) electrons. The molecule has 0 atom stereocenters. The predicted molar refractivity (Wildman–Crippen MR) is 108 cm³/mol. The first kappa shape index (κ1) is 19.7. The summed E-state index contributed by atoms with van der Waals surface area (Å²) in [4.78, 5) is 31.9. The lowest BCUT2D eigenvalue weighted by molar-refractivity contribution is -0.130. The van der Waals surface area contributed by atoms with E-state index in [1.807, 2.05) is 30.3 Å². The molecule has 1 saturated heterocycles. The van der Waals surface area contributed by atoms with E-state index in [-0.39, 0.29) is 11.8 Å². The van der Waals surface area contributed by atoms with Crippen molar-refractivity contribution >= 4 is 17.5 Å². The highest BCUT2D eigenvalue weighted by molar-refractivity contribution is 5.95. The highest BCUT2D eigenvalue weighted by atomic mass is 16.5. The molecule has 2 aromatic rings. The third-order valence-corrected chi connectivity index (χ3v) is 4.90. The molecule has 7 nitrogen and oxygen atoms in total. The largest absolute Gasteiger partial charge is 0.497 e. The zero-order valence-corrected chi connectivity index (χ0v) is 16.4. The number of piperazine rings is 1. The number of hydrogen-bond donors (Lipinski definition) is 1. The highest BCUT2D eigenvalue weighted by Crippen LogP contribution is 2.14. The van der Waals surface area contributed by atoms with Gasteiger partial charge in [-0.3, -0.25) is 14.6 Å². The first-order valence-electron chi connectivity index (χ1n) is 9.43. The van der Waals surface area contributed by atoms with Crippen molar-refractivity contribution in [2.75, 3.05) is 45.2 Å². The number of benzene rings is 1. The van der Waals surface area contributed by atoms with E-state index < -0.39 is 0 Å². The number of nitrogens with one attached hydrogen (secondary N) is 1. The number of amides is 2. The van der Waals surface area contributed by atoms with Gasteiger partial charge in [0, 0.05) is 52.0 Å². The Kier molecular flexibility index (Phi) is 6.47. The first-order chi connectivity index (χ1) is 13.6. The molecule has 3 rings (SSSR count). The van der Waals surface area contributed by atoms with Crippen molar-refractivity contribution in [3.05, 3.63) is 53.9 Å². The van der Waals surface area contributed by atoms with Gasteiger partial charge in [0.05, 0.1) is 18.4 Å². The van der Waals surface area contributed by atoms with Crippen LogP contribution < -0.4 is 10.1 Å². The topological polar surface area (TPSA) is 74.8 Å². The fourth-order valence-electron chi connectivity index (χ4n) is 3.20. The van der Waals surface area contributed by atoms with Gasteiger partial charge in [0.1, 0.15) is 5.75 Å². The number of methoxy groups -OCH3 is 1. The van der Waals surface area contributed by atoms with E-state index in [1.54, 1.807) is 36.2 Å². The van der Waals surface area contributed by atoms with Crippen LogP contribution in [0.5, 0.6) is 5.75 Å². The summed E-state index contributed by atoms with van der Waals surface area (Å²) >= 11 is 0. The van der Waals surface area contributed by atoms with Crippen LogP contribution in [0.3, 0.4) is 0 Å². The molecule has 1 fully saturated rings. The number of anilines is 1. The number of rotatable bonds is 6. The summed E-state index contributed by atoms with van der Waals surface area (Å²) < 4.78 is 5.17. The van der Waals surface area contributed by atoms with Crippen molar-refractivity contribution in [3.8, 4) is 5.75 Å². The second-order valence-corrected chi connectivity index (χ2v) is 6.79. The summed E-state index contributed by atoms with van der Waals surface area (Å²) in [5.74, 6) is 0.850. The Morgan fingerprint density at radius 2 is 1.75 bits per heavy atom. The van der Waals surface area contributed by atoms with Crippen molar-refractivity contribution in [2.45, 2.75) is 13.3 Å². The van der Waals surface area contributed by atoms with E-state index >= 15 is 0 Å². The normalized spacial score (nSPS) is 13.9. The van der Waals surface area contributed by atoms with Crippen LogP contribution in [-0.2, 0) is 11.2 Å². The van der Waals surface area contributed by atoms with Gasteiger partial charge in [0.15, 0.2) is 0 Å². The summed E-state index contributed by atoms with van der Waals surface area (Å²) in [6.07, 6.45) is 4.17. The van der Waals surface area contributed by atoms with Crippen molar-refractivity contribution < 1.29 is 14.3 Å². The minimum atomic E-state index is -0.0468. The van der Waals surface area contributed by atoms with Crippen LogP contribution in [0.1, 0.15) is 22.8 Å². The Labute approximate surface area is 165 Å². The van der Waals surface area contributed by atoms with Gasteiger partial charge >= 0.3 is 0 Å². The SMILES string of the molecule is COc1ccc(CCNc2cncc(C(=O)N3CCN(C(C)=O)CC3)c2)cc1. The Bertz CT molecular complexity index is 815. The van der Waals surface area contributed by atoms with Crippen LogP contribution in [0.4, 0.5) is 5.69 Å². The molecule has 28 heavy (non-hydrogen) atoms. The second-order valence-electron chi connectivity index (χ2n) is 6.79. The van der Waals surface area contributed by atoms with Gasteiger partial charge in [-0.05, 0) is 30.2 Å². The van der Waals surface area contributed by atoms with Gasteiger partial charge in [-0.25, -0.2) is 0 Å². The number of hydrogen-bond acceptors (Lipinski definition) is 5. The molecule has 0 saturated carbocycles. The number of carbonyl (C=O) groups is 2. The van der Waals surface area contributed by atoms with Crippen LogP contribution >= 0.6 is 0 Å². The summed E-state index contributed by atoms with van der Waals surface area (Å²) in [5.41, 5.74) is 2.59. The van der Waals surface area contributed by atoms with Gasteiger partial charge < -0.3 is 19.9 Å². The molecule has 1 N–H and O–H groups in total. The van der Waals surface area contributed by atoms with Crippen LogP contribution in [0.15, 0.2) is 42.7 Å². The zero-order chi connectivity index (χ0) is 19.9. The van der Waals surface area contributed by atoms with E-state index in [1.165, 1.54) is 5.56 Å². The van der Waals surface area contributed by atoms with Gasteiger partial charge in [0.2, 0.25) is 5.91 Å². The molecular formula is C21H26N4O3. The molecule has 7 heteroatoms. The number of carbonyl (C=O) groups excluding carboxylic acids is 2. The smallest absolute Gasteiger partial charge is 0.255 e. The standard InChI is InChI=1S/C21H26N4O3/c1-16(26)24-9-11-25(12-10-24)21(27)18-13-19(15-22-14-18)23-8-7-17-3-5-20(28-2)6-4-17/h3-6,13-15,23H,7-12H2,1-2H3. The third-order valence-electron chi connectivity index (χ3n) is 4.90. The number of ether oxygens (including phenoxy) is 1. The molecule has 1 aliphatic rings. The average molecular weight is 382 g/mol. The van der Waals surface area contributed by atoms with Crippen LogP contribution in [-0.4, -0.2) is 66.4 Å². The van der Waals surface area contributed by atoms with Crippen molar-refractivity contribution in [2.24, 2.45) is 0 Å². The summed E-state index contributed by atoms with van der Waals surface area (Å²) in [6.45, 7) is 4.55. The Morgan fingerprint density at radius 1 is 1.07 bits per heavy atom. The van der Waals surface area contributed by atoms with Crippen LogP contribution in [0, 0.1) is 0 Å². The first-order valence-corrected chi connectivity index (χ1v) is 9.43. The van der Waals surface area contributed by atoms with Crippen LogP contribution in [0.2, 0.25) is 0 Å². The fourth-order valence-corrected chi connectivity index (χ4v) is 3.20. The van der Waals surface area contributed by atoms with Crippen molar-refractivity contribution in [1.29, 1.82) is 0 Å². The number of pyridine rings is 1. The van der Waals surface area contributed by atoms with Crippen molar-refractivity contribution in [1.82, 2.24) is 14.8 Å². The molecule has 2 heterocycles. The monoisotopic (exact) mass is 382 g/mol. The summed E-state index contributed by atoms with van der Waals surface area (Å²) in [6, 6.07) is 9.81. The minimum absolute atomic E-state index is 0.0468. The zero-order valence-electron chi connectivity index (χ0n) is 16.4. The van der Waals surface area contributed by atoms with E-state index in [9.17, 15) is 9.59 Å². The molecule has 0 bridgehead atoms. The Hall–Kier alpha value is -3.09. The maximum Gasteiger partial charge on any atom is 0.255 e. The molecule has 1 aliphatic heterocycles. The van der Waals surface area contributed by atoms with E-state index in [4.69, 9.17) is 4.74 Å². The highest BCUT2D eigenvalue weighted by Gasteiger charge is 2.23. The summed E-state index contributed by atoms with van der Waals surface area (Å²) in [7, 11) is 1.65. The van der Waals surface area contributed by atoms with E-state index in [0.717, 1.165) is 24.4 Å². The minimum Gasteiger partial charge on any atom is -0.497 e. The van der Waals surface area contributed by atoms with E-state index in [2.05, 4.69) is 10.3 Å². The lowest BCUT2D eigenvalue weighted by Gasteiger charge is -2.34. The molecule has 0 spiro atoms. The maximum absolute atomic E-state index is 12.7. The van der Waals surface area contributed by atoms with E-state index in [0.29, 0.717) is 31.7 Å². The molecule has 1 aromatic heterocycles. The number of aromatic nitrogens is 1. The molecule has 0 aliphatic carbocycles. The molecule has 0 unspecified atom stereocenters. The molecular weight excluding hydrogens is 356 g/mol. The second kappa shape index (κ2) is 9.21. The lowest BCUT2D eigenvalue weighted by Crippen LogP contribution is -2.50. The lowest BCUT2D eigenvalue weighted by atomic mass is 10.1. The van der Waals surface area contributed by atoms with Gasteiger partial charge in [0.25, 0.3) is 5.91 Å². The fraction of sp³-hybridized carbons (Fsp3) is 0.381. The number of nitrogens with zero attached hydrogens (tertiary/aromatic N) is 3. The predicted octanol–water partition coefficient (Wildman–Crippen LogP) is 2.05. The molecule has 148 valence electrons. The maximum atomic E-state index is 12.7. The average Bonchev–Trinajstić information content (AvgIpc) is 2.74. The van der Waals surface area contributed by atoms with Crippen LogP contribution in [0.25, 0.3) is 0 Å². The Balaban J connectivity index is 1.53. The third kappa shape index (κ3) is 5.00.